The third-order valence-corrected chi connectivity index (χ3v) is 4.73. The zero-order chi connectivity index (χ0) is 21.1. The molecule has 3 aromatic carbocycles. The third-order valence-electron chi connectivity index (χ3n) is 4.73. The Morgan fingerprint density at radius 2 is 1.83 bits per heavy atom. The van der Waals surface area contributed by atoms with E-state index in [1.165, 1.54) is 19.2 Å². The Kier molecular flexibility index (Phi) is 5.13. The molecule has 8 nitrogen and oxygen atoms in total. The van der Waals surface area contributed by atoms with Gasteiger partial charge in [0, 0.05) is 12.1 Å². The molecule has 4 rings (SSSR count). The van der Waals surface area contributed by atoms with Crippen molar-refractivity contribution in [3.8, 4) is 5.75 Å². The molecule has 30 heavy (non-hydrogen) atoms. The molecule has 1 amide bonds. The Morgan fingerprint density at radius 1 is 1.10 bits per heavy atom. The van der Waals surface area contributed by atoms with Crippen LogP contribution in [0.5, 0.6) is 5.75 Å². The maximum atomic E-state index is 13.0. The summed E-state index contributed by atoms with van der Waals surface area (Å²) in [5.41, 5.74) is 2.27. The van der Waals surface area contributed by atoms with Gasteiger partial charge in [-0.1, -0.05) is 42.5 Å². The van der Waals surface area contributed by atoms with Crippen molar-refractivity contribution in [1.82, 2.24) is 15.3 Å². The van der Waals surface area contributed by atoms with E-state index < -0.39 is 11.0 Å². The number of amides is 1. The maximum absolute atomic E-state index is 13.0. The van der Waals surface area contributed by atoms with Crippen LogP contribution in [0.2, 0.25) is 0 Å². The van der Waals surface area contributed by atoms with Crippen LogP contribution in [0.15, 0.2) is 72.8 Å². The molecule has 0 radical (unpaired) electrons. The summed E-state index contributed by atoms with van der Waals surface area (Å²) in [4.78, 5) is 31.3. The van der Waals surface area contributed by atoms with Crippen molar-refractivity contribution in [2.45, 2.75) is 6.04 Å². The average Bonchev–Trinajstić information content (AvgIpc) is 3.20. The van der Waals surface area contributed by atoms with Crippen molar-refractivity contribution in [3.63, 3.8) is 0 Å². The number of H-pyrrole nitrogens is 1. The minimum absolute atomic E-state index is 0.0352. The zero-order valence-electron chi connectivity index (χ0n) is 16.0. The van der Waals surface area contributed by atoms with E-state index in [4.69, 9.17) is 4.74 Å². The SMILES string of the molecule is COc1ccccc1C(=O)NC(c1ccccc1)c1nc2ccc([N+](=O)[O-])cc2[nH]1. The van der Waals surface area contributed by atoms with Crippen molar-refractivity contribution in [3.05, 3.63) is 99.9 Å². The highest BCUT2D eigenvalue weighted by Crippen LogP contribution is 2.26. The number of benzene rings is 3. The van der Waals surface area contributed by atoms with Crippen LogP contribution in [0, 0.1) is 10.1 Å². The van der Waals surface area contributed by atoms with Crippen molar-refractivity contribution in [2.75, 3.05) is 7.11 Å². The van der Waals surface area contributed by atoms with E-state index >= 15 is 0 Å². The first-order valence-corrected chi connectivity index (χ1v) is 9.19. The smallest absolute Gasteiger partial charge is 0.271 e. The predicted molar refractivity (Wildman–Crippen MR) is 111 cm³/mol. The minimum Gasteiger partial charge on any atom is -0.496 e. The van der Waals surface area contributed by atoms with E-state index in [2.05, 4.69) is 15.3 Å². The molecular formula is C22H18N4O4. The molecule has 0 bridgehead atoms. The highest BCUT2D eigenvalue weighted by atomic mass is 16.6. The molecule has 0 saturated heterocycles. The number of nitro groups is 1. The molecule has 0 aliphatic rings. The van der Waals surface area contributed by atoms with Crippen LogP contribution in [0.3, 0.4) is 0 Å². The first-order valence-electron chi connectivity index (χ1n) is 9.19. The Hall–Kier alpha value is -4.20. The molecule has 1 unspecified atom stereocenters. The number of hydrogen-bond acceptors (Lipinski definition) is 5. The fourth-order valence-corrected chi connectivity index (χ4v) is 3.26. The molecule has 1 heterocycles. The summed E-state index contributed by atoms with van der Waals surface area (Å²) < 4.78 is 5.29. The number of hydrogen-bond donors (Lipinski definition) is 2. The number of non-ortho nitro benzene ring substituents is 1. The van der Waals surface area contributed by atoms with Gasteiger partial charge in [-0.3, -0.25) is 14.9 Å². The molecule has 1 aromatic heterocycles. The standard InChI is InChI=1S/C22H18N4O4/c1-30-19-10-6-5-9-16(19)22(27)25-20(14-7-3-2-4-8-14)21-23-17-12-11-15(26(28)29)13-18(17)24-21/h2-13,20H,1H3,(H,23,24)(H,25,27). The number of ether oxygens (including phenoxy) is 1. The summed E-state index contributed by atoms with van der Waals surface area (Å²) in [6, 6.07) is 20.1. The zero-order valence-corrected chi connectivity index (χ0v) is 16.0. The fourth-order valence-electron chi connectivity index (χ4n) is 3.26. The van der Waals surface area contributed by atoms with E-state index in [0.717, 1.165) is 5.56 Å². The Morgan fingerprint density at radius 3 is 2.57 bits per heavy atom. The van der Waals surface area contributed by atoms with Gasteiger partial charge in [0.05, 0.1) is 28.6 Å². The number of rotatable bonds is 6. The highest BCUT2D eigenvalue weighted by molar-refractivity contribution is 5.97. The quantitative estimate of drug-likeness (QED) is 0.374. The first kappa shape index (κ1) is 19.1. The molecule has 2 N–H and O–H groups in total. The van der Waals surface area contributed by atoms with Crippen molar-refractivity contribution < 1.29 is 14.5 Å². The van der Waals surface area contributed by atoms with Gasteiger partial charge in [-0.15, -0.1) is 0 Å². The van der Waals surface area contributed by atoms with Crippen LogP contribution in [0.1, 0.15) is 27.8 Å². The van der Waals surface area contributed by atoms with E-state index in [0.29, 0.717) is 28.2 Å². The van der Waals surface area contributed by atoms with Gasteiger partial charge in [0.2, 0.25) is 0 Å². The molecule has 0 aliphatic carbocycles. The number of imidazole rings is 1. The number of para-hydroxylation sites is 1. The van der Waals surface area contributed by atoms with Crippen LogP contribution in [0.4, 0.5) is 5.69 Å². The molecule has 0 spiro atoms. The summed E-state index contributed by atoms with van der Waals surface area (Å²) in [5.74, 6) is 0.606. The predicted octanol–water partition coefficient (Wildman–Crippen LogP) is 4.00. The monoisotopic (exact) mass is 402 g/mol. The summed E-state index contributed by atoms with van der Waals surface area (Å²) in [7, 11) is 1.51. The van der Waals surface area contributed by atoms with Crippen molar-refractivity contribution in [2.24, 2.45) is 0 Å². The minimum atomic E-state index is -0.588. The maximum Gasteiger partial charge on any atom is 0.271 e. The topological polar surface area (TPSA) is 110 Å². The van der Waals surface area contributed by atoms with Gasteiger partial charge in [-0.25, -0.2) is 4.98 Å². The van der Waals surface area contributed by atoms with Gasteiger partial charge in [-0.2, -0.15) is 0 Å². The summed E-state index contributed by atoms with van der Waals surface area (Å²) in [6.45, 7) is 0. The highest BCUT2D eigenvalue weighted by Gasteiger charge is 2.23. The molecular weight excluding hydrogens is 384 g/mol. The van der Waals surface area contributed by atoms with Crippen LogP contribution >= 0.6 is 0 Å². The van der Waals surface area contributed by atoms with E-state index in [9.17, 15) is 14.9 Å². The number of carbonyl (C=O) groups excluding carboxylic acids is 1. The van der Waals surface area contributed by atoms with E-state index in [-0.39, 0.29) is 11.6 Å². The molecule has 8 heteroatoms. The third kappa shape index (κ3) is 3.70. The van der Waals surface area contributed by atoms with Gasteiger partial charge < -0.3 is 15.0 Å². The van der Waals surface area contributed by atoms with Gasteiger partial charge in [-0.05, 0) is 23.8 Å². The number of aromatic nitrogens is 2. The Bertz CT molecular complexity index is 1220. The molecule has 1 atom stereocenters. The Labute approximate surface area is 171 Å². The Balaban J connectivity index is 1.75. The fraction of sp³-hybridized carbons (Fsp3) is 0.0909. The van der Waals surface area contributed by atoms with Crippen molar-refractivity contribution in [1.29, 1.82) is 0 Å². The van der Waals surface area contributed by atoms with Crippen LogP contribution < -0.4 is 10.1 Å². The number of nitrogens with one attached hydrogen (secondary N) is 2. The lowest BCUT2D eigenvalue weighted by Gasteiger charge is -2.18. The molecule has 4 aromatic rings. The van der Waals surface area contributed by atoms with Gasteiger partial charge in [0.15, 0.2) is 0 Å². The second kappa shape index (κ2) is 8.04. The van der Waals surface area contributed by atoms with E-state index in [1.54, 1.807) is 30.3 Å². The second-order valence-corrected chi connectivity index (χ2v) is 6.60. The number of carbonyl (C=O) groups is 1. The van der Waals surface area contributed by atoms with Crippen LogP contribution in [0.25, 0.3) is 11.0 Å². The largest absolute Gasteiger partial charge is 0.496 e. The van der Waals surface area contributed by atoms with Gasteiger partial charge in [0.25, 0.3) is 11.6 Å². The number of aromatic amines is 1. The lowest BCUT2D eigenvalue weighted by Crippen LogP contribution is -2.30. The summed E-state index contributed by atoms with van der Waals surface area (Å²) in [5, 5.41) is 14.1. The number of nitrogens with zero attached hydrogens (tertiary/aromatic N) is 2. The lowest BCUT2D eigenvalue weighted by molar-refractivity contribution is -0.384. The molecule has 150 valence electrons. The average molecular weight is 402 g/mol. The summed E-state index contributed by atoms with van der Waals surface area (Å²) in [6.07, 6.45) is 0. The van der Waals surface area contributed by atoms with Gasteiger partial charge in [0.1, 0.15) is 17.6 Å². The van der Waals surface area contributed by atoms with E-state index in [1.807, 2.05) is 30.3 Å². The van der Waals surface area contributed by atoms with Gasteiger partial charge >= 0.3 is 0 Å². The summed E-state index contributed by atoms with van der Waals surface area (Å²) >= 11 is 0. The second-order valence-electron chi connectivity index (χ2n) is 6.60. The van der Waals surface area contributed by atoms with Crippen molar-refractivity contribution >= 4 is 22.6 Å². The normalized spacial score (nSPS) is 11.8. The first-order chi connectivity index (χ1) is 14.6. The number of fused-ring (bicyclic) bond motifs is 1. The number of methoxy groups -OCH3 is 1. The van der Waals surface area contributed by atoms with Crippen LogP contribution in [-0.4, -0.2) is 27.9 Å². The number of nitro benzene ring substituents is 1. The van der Waals surface area contributed by atoms with Crippen LogP contribution in [-0.2, 0) is 0 Å². The molecule has 0 saturated carbocycles. The molecule has 0 aliphatic heterocycles. The molecule has 0 fully saturated rings. The lowest BCUT2D eigenvalue weighted by atomic mass is 10.1.